The molecule has 0 saturated heterocycles. The highest BCUT2D eigenvalue weighted by molar-refractivity contribution is 6.36. The number of pyridine rings is 1. The smallest absolute Gasteiger partial charge is 0.148 e. The van der Waals surface area contributed by atoms with Crippen LogP contribution in [0.5, 0.6) is 0 Å². The number of hydrogen-bond donors (Lipinski definition) is 3. The Labute approximate surface area is 117 Å². The van der Waals surface area contributed by atoms with Crippen LogP contribution < -0.4 is 10.6 Å². The summed E-state index contributed by atoms with van der Waals surface area (Å²) in [7, 11) is 1.87. The van der Waals surface area contributed by atoms with Gasteiger partial charge < -0.3 is 15.7 Å². The summed E-state index contributed by atoms with van der Waals surface area (Å²) in [6.07, 6.45) is 5.09. The average molecular weight is 283 g/mol. The highest BCUT2D eigenvalue weighted by Crippen LogP contribution is 2.31. The molecule has 5 nitrogen and oxygen atoms in total. The number of hydrogen-bond acceptors (Lipinski definition) is 4. The van der Waals surface area contributed by atoms with E-state index in [2.05, 4.69) is 4.98 Å². The Hall–Kier alpha value is -1.33. The summed E-state index contributed by atoms with van der Waals surface area (Å²) < 4.78 is 0. The Balaban J connectivity index is 2.30. The highest BCUT2D eigenvalue weighted by atomic mass is 35.5. The molecule has 0 aliphatic heterocycles. The van der Waals surface area contributed by atoms with Gasteiger partial charge in [-0.15, -0.1) is 0 Å². The van der Waals surface area contributed by atoms with Crippen LogP contribution in [0.3, 0.4) is 0 Å². The molecule has 1 fully saturated rings. The number of nitrogens with zero attached hydrogens (tertiary/aromatic N) is 2. The Kier molecular flexibility index (Phi) is 4.27. The van der Waals surface area contributed by atoms with Crippen LogP contribution in [0.4, 0.5) is 5.82 Å². The van der Waals surface area contributed by atoms with Gasteiger partial charge in [0.2, 0.25) is 0 Å². The van der Waals surface area contributed by atoms with Gasteiger partial charge in [0.25, 0.3) is 0 Å². The highest BCUT2D eigenvalue weighted by Gasteiger charge is 2.28. The first-order valence-electron chi connectivity index (χ1n) is 6.42. The summed E-state index contributed by atoms with van der Waals surface area (Å²) in [5, 5.41) is 18.0. The van der Waals surface area contributed by atoms with Gasteiger partial charge in [0.05, 0.1) is 17.2 Å². The molecule has 19 heavy (non-hydrogen) atoms. The SMILES string of the molecule is CN(c1nccc(C(=N)N)c1Cl)C1CCCCC1O. The Bertz CT molecular complexity index is 480. The quantitative estimate of drug-likeness (QED) is 0.582. The van der Waals surface area contributed by atoms with E-state index < -0.39 is 0 Å². The van der Waals surface area contributed by atoms with Gasteiger partial charge in [-0.1, -0.05) is 24.4 Å². The minimum Gasteiger partial charge on any atom is -0.391 e. The maximum atomic E-state index is 10.1. The van der Waals surface area contributed by atoms with E-state index in [4.69, 9.17) is 22.7 Å². The lowest BCUT2D eigenvalue weighted by Crippen LogP contribution is -2.44. The molecule has 1 aromatic rings. The molecule has 2 unspecified atom stereocenters. The van der Waals surface area contributed by atoms with Crippen LogP contribution in [0.2, 0.25) is 5.02 Å². The van der Waals surface area contributed by atoms with Crippen molar-refractivity contribution in [2.75, 3.05) is 11.9 Å². The predicted octanol–water partition coefficient (Wildman–Crippen LogP) is 1.76. The number of anilines is 1. The second-order valence-corrected chi connectivity index (χ2v) is 5.32. The molecule has 1 aliphatic rings. The van der Waals surface area contributed by atoms with Gasteiger partial charge in [0, 0.05) is 18.8 Å². The molecule has 1 aliphatic carbocycles. The van der Waals surface area contributed by atoms with E-state index in [1.807, 2.05) is 11.9 Å². The molecule has 0 spiro atoms. The van der Waals surface area contributed by atoms with Crippen molar-refractivity contribution < 1.29 is 5.11 Å². The fourth-order valence-corrected chi connectivity index (χ4v) is 2.93. The number of nitrogen functional groups attached to an aromatic ring is 1. The lowest BCUT2D eigenvalue weighted by molar-refractivity contribution is 0.106. The lowest BCUT2D eigenvalue weighted by Gasteiger charge is -2.36. The summed E-state index contributed by atoms with van der Waals surface area (Å²) in [5.41, 5.74) is 5.97. The summed E-state index contributed by atoms with van der Waals surface area (Å²) in [4.78, 5) is 6.16. The monoisotopic (exact) mass is 282 g/mol. The van der Waals surface area contributed by atoms with Gasteiger partial charge in [-0.3, -0.25) is 5.41 Å². The fraction of sp³-hybridized carbons (Fsp3) is 0.538. The number of aliphatic hydroxyl groups excluding tert-OH is 1. The first-order chi connectivity index (χ1) is 9.02. The number of aromatic nitrogens is 1. The molecule has 1 saturated carbocycles. The molecule has 2 rings (SSSR count). The number of halogens is 1. The maximum absolute atomic E-state index is 10.1. The second kappa shape index (κ2) is 5.75. The molecule has 0 radical (unpaired) electrons. The lowest BCUT2D eigenvalue weighted by atomic mass is 9.91. The van der Waals surface area contributed by atoms with Crippen LogP contribution in [0, 0.1) is 5.41 Å². The van der Waals surface area contributed by atoms with Gasteiger partial charge in [0.1, 0.15) is 11.7 Å². The van der Waals surface area contributed by atoms with Crippen molar-refractivity contribution in [3.63, 3.8) is 0 Å². The van der Waals surface area contributed by atoms with E-state index >= 15 is 0 Å². The standard InChI is InChI=1S/C13H19ClN4O/c1-18(9-4-2-3-5-10(9)19)13-11(14)8(12(15)16)6-7-17-13/h6-7,9-10,19H,2-5H2,1H3,(H3,15,16). The van der Waals surface area contributed by atoms with E-state index in [0.717, 1.165) is 25.7 Å². The molecule has 0 amide bonds. The summed E-state index contributed by atoms with van der Waals surface area (Å²) in [6, 6.07) is 1.64. The van der Waals surface area contributed by atoms with Crippen molar-refractivity contribution >= 4 is 23.3 Å². The minimum atomic E-state index is -0.363. The number of nitrogens with one attached hydrogen (secondary N) is 1. The molecular weight excluding hydrogens is 264 g/mol. The number of amidine groups is 1. The van der Waals surface area contributed by atoms with Crippen molar-refractivity contribution in [3.05, 3.63) is 22.8 Å². The number of rotatable bonds is 3. The number of aliphatic hydroxyl groups is 1. The van der Waals surface area contributed by atoms with Gasteiger partial charge in [-0.05, 0) is 18.9 Å². The predicted molar refractivity (Wildman–Crippen MR) is 76.9 cm³/mol. The minimum absolute atomic E-state index is 0.0148. The normalized spacial score (nSPS) is 23.1. The molecule has 0 aromatic carbocycles. The van der Waals surface area contributed by atoms with E-state index in [1.165, 1.54) is 0 Å². The molecular formula is C13H19ClN4O. The van der Waals surface area contributed by atoms with Crippen LogP contribution in [0.1, 0.15) is 31.2 Å². The van der Waals surface area contributed by atoms with Crippen LogP contribution in [-0.2, 0) is 0 Å². The van der Waals surface area contributed by atoms with Gasteiger partial charge in [-0.2, -0.15) is 0 Å². The molecule has 104 valence electrons. The topological polar surface area (TPSA) is 86.2 Å². The maximum Gasteiger partial charge on any atom is 0.148 e. The van der Waals surface area contributed by atoms with E-state index in [0.29, 0.717) is 16.4 Å². The largest absolute Gasteiger partial charge is 0.391 e. The first-order valence-corrected chi connectivity index (χ1v) is 6.80. The van der Waals surface area contributed by atoms with E-state index in [-0.39, 0.29) is 18.0 Å². The van der Waals surface area contributed by atoms with Crippen LogP contribution in [0.25, 0.3) is 0 Å². The van der Waals surface area contributed by atoms with E-state index in [1.54, 1.807) is 12.3 Å². The van der Waals surface area contributed by atoms with Gasteiger partial charge in [-0.25, -0.2) is 4.98 Å². The Morgan fingerprint density at radius 3 is 2.84 bits per heavy atom. The zero-order valence-corrected chi connectivity index (χ0v) is 11.7. The summed E-state index contributed by atoms with van der Waals surface area (Å²) >= 11 is 6.26. The summed E-state index contributed by atoms with van der Waals surface area (Å²) in [6.45, 7) is 0. The number of nitrogens with two attached hydrogens (primary N) is 1. The van der Waals surface area contributed by atoms with Gasteiger partial charge >= 0.3 is 0 Å². The van der Waals surface area contributed by atoms with Crippen molar-refractivity contribution in [2.24, 2.45) is 5.73 Å². The zero-order chi connectivity index (χ0) is 14.0. The van der Waals surface area contributed by atoms with Gasteiger partial charge in [0.15, 0.2) is 0 Å². The first kappa shape index (κ1) is 14.1. The molecule has 1 aromatic heterocycles. The molecule has 4 N–H and O–H groups in total. The van der Waals surface area contributed by atoms with Crippen molar-refractivity contribution in [1.29, 1.82) is 5.41 Å². The van der Waals surface area contributed by atoms with Crippen LogP contribution in [-0.4, -0.2) is 35.1 Å². The zero-order valence-electron chi connectivity index (χ0n) is 10.9. The molecule has 0 bridgehead atoms. The van der Waals surface area contributed by atoms with Crippen molar-refractivity contribution in [3.8, 4) is 0 Å². The third-order valence-electron chi connectivity index (χ3n) is 3.69. The van der Waals surface area contributed by atoms with Crippen LogP contribution >= 0.6 is 11.6 Å². The van der Waals surface area contributed by atoms with Crippen molar-refractivity contribution in [2.45, 2.75) is 37.8 Å². The van der Waals surface area contributed by atoms with Crippen LogP contribution in [0.15, 0.2) is 12.3 Å². The third-order valence-corrected chi connectivity index (χ3v) is 4.06. The molecule has 6 heteroatoms. The summed E-state index contributed by atoms with van der Waals surface area (Å²) in [5.74, 6) is 0.492. The molecule has 2 atom stereocenters. The Morgan fingerprint density at radius 2 is 2.21 bits per heavy atom. The average Bonchev–Trinajstić information content (AvgIpc) is 2.38. The van der Waals surface area contributed by atoms with E-state index in [9.17, 15) is 5.11 Å². The number of likely N-dealkylation sites (N-methyl/N-ethyl adjacent to an activating group) is 1. The van der Waals surface area contributed by atoms with Crippen molar-refractivity contribution in [1.82, 2.24) is 4.98 Å². The molecule has 1 heterocycles. The Morgan fingerprint density at radius 1 is 1.53 bits per heavy atom. The fourth-order valence-electron chi connectivity index (χ4n) is 2.59. The third kappa shape index (κ3) is 2.82. The second-order valence-electron chi connectivity index (χ2n) is 4.94.